The number of nitrogens with one attached hydrogen (secondary N) is 2. The van der Waals surface area contributed by atoms with Crippen LogP contribution < -0.4 is 10.6 Å². The molecule has 0 bridgehead atoms. The molecule has 1 aromatic heterocycles. The maximum Gasteiger partial charge on any atom is 0.191 e. The van der Waals surface area contributed by atoms with Crippen LogP contribution in [-0.2, 0) is 18.5 Å². The average molecular weight is 575 g/mol. The summed E-state index contributed by atoms with van der Waals surface area (Å²) in [6.45, 7) is 7.27. The fraction of sp³-hybridized carbons (Fsp3) is 0.571. The summed E-state index contributed by atoms with van der Waals surface area (Å²) < 4.78 is 3.17. The van der Waals surface area contributed by atoms with Crippen LogP contribution in [0, 0.1) is 0 Å². The highest BCUT2D eigenvalue weighted by Gasteiger charge is 2.34. The summed E-state index contributed by atoms with van der Waals surface area (Å²) in [6, 6.07) is 8.79. The molecule has 1 heterocycles. The third-order valence-corrected chi connectivity index (χ3v) is 6.09. The number of hydrogen-bond donors (Lipinski definition) is 2. The van der Waals surface area contributed by atoms with Gasteiger partial charge in [-0.2, -0.15) is 0 Å². The van der Waals surface area contributed by atoms with Crippen LogP contribution in [0.5, 0.6) is 0 Å². The Kier molecular flexibility index (Phi) is 9.88. The molecule has 0 spiro atoms. The number of aliphatic imine (C=N–C) groups is 1. The molecular formula is C21H32BrIN6. The molecule has 6 nitrogen and oxygen atoms in total. The summed E-state index contributed by atoms with van der Waals surface area (Å²) in [5.41, 5.74) is 1.57. The second kappa shape index (κ2) is 11.9. The zero-order valence-electron chi connectivity index (χ0n) is 17.3. The van der Waals surface area contributed by atoms with Gasteiger partial charge in [-0.05, 0) is 44.4 Å². The van der Waals surface area contributed by atoms with Crippen LogP contribution in [0.4, 0.5) is 0 Å². The van der Waals surface area contributed by atoms with Crippen molar-refractivity contribution in [2.45, 2.75) is 64.5 Å². The molecular weight excluding hydrogens is 543 g/mol. The maximum absolute atomic E-state index is 4.75. The van der Waals surface area contributed by atoms with Crippen LogP contribution in [0.1, 0.15) is 57.3 Å². The first-order chi connectivity index (χ1) is 13.7. The van der Waals surface area contributed by atoms with Crippen LogP contribution in [0.15, 0.2) is 40.1 Å². The fourth-order valence-corrected chi connectivity index (χ4v) is 4.42. The zero-order chi connectivity index (χ0) is 19.8. The number of rotatable bonds is 7. The molecule has 0 aliphatic heterocycles. The minimum atomic E-state index is 0. The number of halogens is 2. The smallest absolute Gasteiger partial charge is 0.191 e. The van der Waals surface area contributed by atoms with Gasteiger partial charge in [-0.3, -0.25) is 0 Å². The van der Waals surface area contributed by atoms with Gasteiger partial charge in [0.05, 0.1) is 0 Å². The Morgan fingerprint density at radius 1 is 1.21 bits per heavy atom. The molecule has 29 heavy (non-hydrogen) atoms. The van der Waals surface area contributed by atoms with E-state index in [0.717, 1.165) is 35.9 Å². The van der Waals surface area contributed by atoms with E-state index in [2.05, 4.69) is 74.9 Å². The summed E-state index contributed by atoms with van der Waals surface area (Å²) in [5, 5.41) is 15.2. The monoisotopic (exact) mass is 574 g/mol. The van der Waals surface area contributed by atoms with Crippen molar-refractivity contribution in [3.05, 3.63) is 46.5 Å². The molecule has 2 N–H and O–H groups in total. The molecule has 0 saturated heterocycles. The normalized spacial score (nSPS) is 16.2. The SMILES string of the molecule is CCNC(=NCc1nncn1CC)NCC1(c2cccc(Br)c2)CCCCC1.I. The van der Waals surface area contributed by atoms with E-state index in [1.165, 1.54) is 37.7 Å². The van der Waals surface area contributed by atoms with Gasteiger partial charge in [-0.25, -0.2) is 4.99 Å². The van der Waals surface area contributed by atoms with Gasteiger partial charge in [-0.1, -0.05) is 47.3 Å². The third-order valence-electron chi connectivity index (χ3n) is 5.60. The molecule has 1 aromatic carbocycles. The molecule has 160 valence electrons. The molecule has 1 aliphatic carbocycles. The lowest BCUT2D eigenvalue weighted by molar-refractivity contribution is 0.291. The molecule has 1 aliphatic rings. The van der Waals surface area contributed by atoms with Crippen molar-refractivity contribution in [2.75, 3.05) is 13.1 Å². The highest BCUT2D eigenvalue weighted by Crippen LogP contribution is 2.39. The van der Waals surface area contributed by atoms with Gasteiger partial charge < -0.3 is 15.2 Å². The number of aromatic nitrogens is 3. The second-order valence-corrected chi connectivity index (χ2v) is 8.35. The summed E-state index contributed by atoms with van der Waals surface area (Å²) >= 11 is 3.65. The Labute approximate surface area is 199 Å². The topological polar surface area (TPSA) is 67.1 Å². The van der Waals surface area contributed by atoms with Crippen LogP contribution in [0.2, 0.25) is 0 Å². The summed E-state index contributed by atoms with van der Waals surface area (Å²) in [5.74, 6) is 1.73. The maximum atomic E-state index is 4.75. The molecule has 0 amide bonds. The van der Waals surface area contributed by atoms with Crippen molar-refractivity contribution in [3.8, 4) is 0 Å². The molecule has 0 radical (unpaired) electrons. The van der Waals surface area contributed by atoms with Crippen molar-refractivity contribution < 1.29 is 0 Å². The van der Waals surface area contributed by atoms with Gasteiger partial charge in [0, 0.05) is 29.5 Å². The molecule has 2 aromatic rings. The van der Waals surface area contributed by atoms with Gasteiger partial charge in [0.15, 0.2) is 11.8 Å². The number of guanidine groups is 1. The molecule has 8 heteroatoms. The minimum absolute atomic E-state index is 0. The predicted molar refractivity (Wildman–Crippen MR) is 133 cm³/mol. The second-order valence-electron chi connectivity index (χ2n) is 7.43. The van der Waals surface area contributed by atoms with Crippen molar-refractivity contribution in [2.24, 2.45) is 4.99 Å². The Hall–Kier alpha value is -1.16. The van der Waals surface area contributed by atoms with Crippen LogP contribution >= 0.6 is 39.9 Å². The van der Waals surface area contributed by atoms with Crippen molar-refractivity contribution in [3.63, 3.8) is 0 Å². The van der Waals surface area contributed by atoms with E-state index in [1.807, 2.05) is 4.57 Å². The van der Waals surface area contributed by atoms with E-state index in [1.54, 1.807) is 6.33 Å². The first-order valence-corrected chi connectivity index (χ1v) is 11.1. The zero-order valence-corrected chi connectivity index (χ0v) is 21.2. The first-order valence-electron chi connectivity index (χ1n) is 10.3. The number of aryl methyl sites for hydroxylation is 1. The van der Waals surface area contributed by atoms with Gasteiger partial charge in [0.1, 0.15) is 12.9 Å². The van der Waals surface area contributed by atoms with Crippen molar-refractivity contribution >= 4 is 45.9 Å². The number of benzene rings is 1. The lowest BCUT2D eigenvalue weighted by Gasteiger charge is -2.38. The van der Waals surface area contributed by atoms with Gasteiger partial charge in [-0.15, -0.1) is 34.2 Å². The highest BCUT2D eigenvalue weighted by molar-refractivity contribution is 14.0. The van der Waals surface area contributed by atoms with E-state index in [-0.39, 0.29) is 29.4 Å². The summed E-state index contributed by atoms with van der Waals surface area (Å²) in [7, 11) is 0. The van der Waals surface area contributed by atoms with E-state index >= 15 is 0 Å². The molecule has 1 saturated carbocycles. The summed E-state index contributed by atoms with van der Waals surface area (Å²) in [6.07, 6.45) is 8.06. The van der Waals surface area contributed by atoms with Crippen molar-refractivity contribution in [1.29, 1.82) is 0 Å². The molecule has 0 unspecified atom stereocenters. The standard InChI is InChI=1S/C21H31BrN6.HI/c1-3-23-20(24-14-19-27-26-16-28(19)4-2)25-15-21(11-6-5-7-12-21)17-9-8-10-18(22)13-17;/h8-10,13,16H,3-7,11-12,14-15H2,1-2H3,(H2,23,24,25);1H. The van der Waals surface area contributed by atoms with E-state index in [0.29, 0.717) is 6.54 Å². The number of nitrogens with zero attached hydrogens (tertiary/aromatic N) is 4. The van der Waals surface area contributed by atoms with Crippen molar-refractivity contribution in [1.82, 2.24) is 25.4 Å². The van der Waals surface area contributed by atoms with E-state index in [4.69, 9.17) is 4.99 Å². The van der Waals surface area contributed by atoms with E-state index in [9.17, 15) is 0 Å². The van der Waals surface area contributed by atoms with Crippen LogP contribution in [0.3, 0.4) is 0 Å². The fourth-order valence-electron chi connectivity index (χ4n) is 4.02. The Balaban J connectivity index is 0.00000300. The lowest BCUT2D eigenvalue weighted by Crippen LogP contribution is -2.46. The van der Waals surface area contributed by atoms with E-state index < -0.39 is 0 Å². The quantitative estimate of drug-likeness (QED) is 0.287. The highest BCUT2D eigenvalue weighted by atomic mass is 127. The van der Waals surface area contributed by atoms with Gasteiger partial charge in [0.25, 0.3) is 0 Å². The predicted octanol–water partition coefficient (Wildman–Crippen LogP) is 4.64. The lowest BCUT2D eigenvalue weighted by atomic mass is 9.69. The average Bonchev–Trinajstić information content (AvgIpc) is 3.18. The Morgan fingerprint density at radius 3 is 2.69 bits per heavy atom. The largest absolute Gasteiger partial charge is 0.357 e. The first kappa shape index (κ1) is 24.1. The number of hydrogen-bond acceptors (Lipinski definition) is 3. The Morgan fingerprint density at radius 2 is 2.00 bits per heavy atom. The third kappa shape index (κ3) is 6.41. The molecule has 1 fully saturated rings. The minimum Gasteiger partial charge on any atom is -0.357 e. The molecule has 3 rings (SSSR count). The van der Waals surface area contributed by atoms with Crippen LogP contribution in [0.25, 0.3) is 0 Å². The van der Waals surface area contributed by atoms with Crippen LogP contribution in [-0.4, -0.2) is 33.8 Å². The van der Waals surface area contributed by atoms with Gasteiger partial charge >= 0.3 is 0 Å². The Bertz CT molecular complexity index is 785. The summed E-state index contributed by atoms with van der Waals surface area (Å²) in [4.78, 5) is 4.75. The molecule has 0 atom stereocenters. The van der Waals surface area contributed by atoms with Gasteiger partial charge in [0.2, 0.25) is 0 Å².